The van der Waals surface area contributed by atoms with Crippen LogP contribution >= 0.6 is 23.4 Å². The third kappa shape index (κ3) is 6.21. The summed E-state index contributed by atoms with van der Waals surface area (Å²) in [6, 6.07) is 7.11. The summed E-state index contributed by atoms with van der Waals surface area (Å²) in [6.07, 6.45) is 0.797. The fraction of sp³-hybridized carbons (Fsp3) is 0.400. The Balaban J connectivity index is 1.74. The van der Waals surface area contributed by atoms with Gasteiger partial charge in [0, 0.05) is 30.3 Å². The van der Waals surface area contributed by atoms with Crippen LogP contribution in [0.5, 0.6) is 0 Å². The number of carbonyl (C=O) groups is 1. The van der Waals surface area contributed by atoms with Crippen LogP contribution in [-0.4, -0.2) is 41.6 Å². The lowest BCUT2D eigenvalue weighted by Gasteiger charge is -2.03. The second-order valence-electron chi connectivity index (χ2n) is 4.57. The molecule has 0 bridgehead atoms. The predicted molar refractivity (Wildman–Crippen MR) is 89.6 cm³/mol. The van der Waals surface area contributed by atoms with Crippen molar-refractivity contribution in [3.8, 4) is 11.5 Å². The zero-order valence-corrected chi connectivity index (χ0v) is 14.3. The summed E-state index contributed by atoms with van der Waals surface area (Å²) >= 11 is 7.04. The minimum atomic E-state index is -0.0715. The van der Waals surface area contributed by atoms with Crippen LogP contribution in [0.3, 0.4) is 0 Å². The molecule has 0 radical (unpaired) electrons. The Labute approximate surface area is 143 Å². The van der Waals surface area contributed by atoms with Crippen molar-refractivity contribution in [3.05, 3.63) is 29.3 Å². The molecule has 0 aliphatic rings. The van der Waals surface area contributed by atoms with E-state index < -0.39 is 0 Å². The first-order valence-electron chi connectivity index (χ1n) is 7.25. The number of thioether (sulfide) groups is 1. The summed E-state index contributed by atoms with van der Waals surface area (Å²) < 4.78 is 10.7. The summed E-state index contributed by atoms with van der Waals surface area (Å²) in [5.41, 5.74) is 0.786. The molecule has 6 nitrogen and oxygen atoms in total. The van der Waals surface area contributed by atoms with Crippen molar-refractivity contribution in [1.82, 2.24) is 15.5 Å². The van der Waals surface area contributed by atoms with Crippen LogP contribution in [0.25, 0.3) is 11.5 Å². The average molecular weight is 356 g/mol. The molecule has 2 rings (SSSR count). The molecule has 0 aliphatic heterocycles. The highest BCUT2D eigenvalue weighted by atomic mass is 35.5. The Kier molecular flexibility index (Phi) is 7.38. The van der Waals surface area contributed by atoms with Crippen LogP contribution in [-0.2, 0) is 9.53 Å². The third-order valence-electron chi connectivity index (χ3n) is 2.82. The molecule has 0 spiro atoms. The van der Waals surface area contributed by atoms with Gasteiger partial charge in [-0.2, -0.15) is 0 Å². The van der Waals surface area contributed by atoms with Gasteiger partial charge in [0.05, 0.1) is 5.75 Å². The lowest BCUT2D eigenvalue weighted by Crippen LogP contribution is -2.26. The Morgan fingerprint density at radius 1 is 1.35 bits per heavy atom. The fourth-order valence-electron chi connectivity index (χ4n) is 1.70. The Bertz CT molecular complexity index is 619. The van der Waals surface area contributed by atoms with E-state index >= 15 is 0 Å². The van der Waals surface area contributed by atoms with Gasteiger partial charge in [0.1, 0.15) is 0 Å². The molecule has 0 saturated heterocycles. The maximum atomic E-state index is 11.7. The van der Waals surface area contributed by atoms with Gasteiger partial charge in [-0.1, -0.05) is 23.4 Å². The maximum Gasteiger partial charge on any atom is 0.277 e. The van der Waals surface area contributed by atoms with Crippen molar-refractivity contribution in [2.75, 3.05) is 25.5 Å². The van der Waals surface area contributed by atoms with Crippen LogP contribution < -0.4 is 5.32 Å². The number of aromatic nitrogens is 2. The van der Waals surface area contributed by atoms with Gasteiger partial charge >= 0.3 is 0 Å². The summed E-state index contributed by atoms with van der Waals surface area (Å²) in [4.78, 5) is 11.7. The Morgan fingerprint density at radius 3 is 2.87 bits per heavy atom. The molecule has 124 valence electrons. The van der Waals surface area contributed by atoms with E-state index in [0.717, 1.165) is 12.0 Å². The first-order valence-corrected chi connectivity index (χ1v) is 8.62. The van der Waals surface area contributed by atoms with E-state index in [4.69, 9.17) is 20.8 Å². The van der Waals surface area contributed by atoms with E-state index in [1.54, 1.807) is 24.3 Å². The number of carbonyl (C=O) groups excluding carboxylic acids is 1. The number of benzene rings is 1. The van der Waals surface area contributed by atoms with E-state index in [2.05, 4.69) is 15.5 Å². The minimum Gasteiger partial charge on any atom is -0.411 e. The maximum absolute atomic E-state index is 11.7. The Hall–Kier alpha value is -1.57. The highest BCUT2D eigenvalue weighted by molar-refractivity contribution is 7.99. The zero-order valence-electron chi connectivity index (χ0n) is 12.8. The monoisotopic (exact) mass is 355 g/mol. The fourth-order valence-corrected chi connectivity index (χ4v) is 2.42. The molecule has 0 aliphatic carbocycles. The highest BCUT2D eigenvalue weighted by Crippen LogP contribution is 2.24. The van der Waals surface area contributed by atoms with Crippen LogP contribution in [0.15, 0.2) is 33.9 Å². The lowest BCUT2D eigenvalue weighted by atomic mass is 10.2. The van der Waals surface area contributed by atoms with Crippen molar-refractivity contribution in [2.45, 2.75) is 18.6 Å². The molecule has 1 N–H and O–H groups in total. The van der Waals surface area contributed by atoms with Crippen molar-refractivity contribution >= 4 is 29.3 Å². The van der Waals surface area contributed by atoms with Gasteiger partial charge in [-0.15, -0.1) is 10.2 Å². The van der Waals surface area contributed by atoms with Gasteiger partial charge in [-0.05, 0) is 37.6 Å². The van der Waals surface area contributed by atoms with Crippen LogP contribution in [0.4, 0.5) is 0 Å². The van der Waals surface area contributed by atoms with Gasteiger partial charge in [-0.25, -0.2) is 0 Å². The number of ether oxygens (including phenoxy) is 1. The second-order valence-corrected chi connectivity index (χ2v) is 5.93. The summed E-state index contributed by atoms with van der Waals surface area (Å²) in [5.74, 6) is 0.565. The predicted octanol–water partition coefficient (Wildman–Crippen LogP) is 3.02. The van der Waals surface area contributed by atoms with Crippen LogP contribution in [0.1, 0.15) is 13.3 Å². The molecule has 0 unspecified atom stereocenters. The van der Waals surface area contributed by atoms with Gasteiger partial charge in [-0.3, -0.25) is 4.79 Å². The van der Waals surface area contributed by atoms with Crippen LogP contribution in [0.2, 0.25) is 5.02 Å². The summed E-state index contributed by atoms with van der Waals surface area (Å²) in [5, 5.41) is 11.7. The molecule has 0 fully saturated rings. The highest BCUT2D eigenvalue weighted by Gasteiger charge is 2.11. The van der Waals surface area contributed by atoms with E-state index in [1.165, 1.54) is 11.8 Å². The van der Waals surface area contributed by atoms with Gasteiger partial charge in [0.2, 0.25) is 11.8 Å². The van der Waals surface area contributed by atoms with Crippen LogP contribution in [0, 0.1) is 0 Å². The first kappa shape index (κ1) is 17.8. The second kappa shape index (κ2) is 9.54. The van der Waals surface area contributed by atoms with Crippen molar-refractivity contribution in [1.29, 1.82) is 0 Å². The van der Waals surface area contributed by atoms with Gasteiger partial charge in [0.15, 0.2) is 0 Å². The standard InChI is InChI=1S/C15H18ClN3O3S/c1-2-21-9-3-8-17-13(20)10-23-15-19-18-14(22-15)11-4-6-12(16)7-5-11/h4-7H,2-3,8-10H2,1H3,(H,17,20). The quantitative estimate of drug-likeness (QED) is 0.550. The smallest absolute Gasteiger partial charge is 0.277 e. The molecule has 1 heterocycles. The number of nitrogens with zero attached hydrogens (tertiary/aromatic N) is 2. The molecule has 1 amide bonds. The number of amides is 1. The molecule has 1 aromatic carbocycles. The number of halogens is 1. The lowest BCUT2D eigenvalue weighted by molar-refractivity contribution is -0.118. The molecule has 8 heteroatoms. The normalized spacial score (nSPS) is 10.7. The SMILES string of the molecule is CCOCCCNC(=O)CSc1nnc(-c2ccc(Cl)cc2)o1. The van der Waals surface area contributed by atoms with E-state index in [9.17, 15) is 4.79 Å². The first-order chi connectivity index (χ1) is 11.2. The summed E-state index contributed by atoms with van der Waals surface area (Å²) in [6.45, 7) is 3.88. The minimum absolute atomic E-state index is 0.0715. The Morgan fingerprint density at radius 2 is 2.13 bits per heavy atom. The van der Waals surface area contributed by atoms with Gasteiger partial charge < -0.3 is 14.5 Å². The molecule has 2 aromatic rings. The van der Waals surface area contributed by atoms with Crippen molar-refractivity contribution < 1.29 is 13.9 Å². The van der Waals surface area contributed by atoms with Crippen molar-refractivity contribution in [3.63, 3.8) is 0 Å². The molecule has 0 saturated carbocycles. The van der Waals surface area contributed by atoms with E-state index in [0.29, 0.717) is 35.9 Å². The number of nitrogens with one attached hydrogen (secondary N) is 1. The van der Waals surface area contributed by atoms with Crippen molar-refractivity contribution in [2.24, 2.45) is 0 Å². The molecular weight excluding hydrogens is 338 g/mol. The largest absolute Gasteiger partial charge is 0.411 e. The third-order valence-corrected chi connectivity index (χ3v) is 3.89. The molecular formula is C15H18ClN3O3S. The molecule has 0 atom stereocenters. The average Bonchev–Trinajstić information content (AvgIpc) is 3.02. The van der Waals surface area contributed by atoms with E-state index in [-0.39, 0.29) is 11.7 Å². The summed E-state index contributed by atoms with van der Waals surface area (Å²) in [7, 11) is 0. The van der Waals surface area contributed by atoms with Gasteiger partial charge in [0.25, 0.3) is 5.22 Å². The number of hydrogen-bond acceptors (Lipinski definition) is 6. The zero-order chi connectivity index (χ0) is 16.5. The molecule has 23 heavy (non-hydrogen) atoms. The topological polar surface area (TPSA) is 77.2 Å². The molecule has 1 aromatic heterocycles. The number of rotatable bonds is 9. The van der Waals surface area contributed by atoms with E-state index in [1.807, 2.05) is 6.92 Å². The number of hydrogen-bond donors (Lipinski definition) is 1.